The Labute approximate surface area is 193 Å². The summed E-state index contributed by atoms with van der Waals surface area (Å²) in [5, 5.41) is 6.38. The van der Waals surface area contributed by atoms with Crippen molar-refractivity contribution in [1.82, 2.24) is 20.4 Å². The third-order valence-corrected chi connectivity index (χ3v) is 8.21. The van der Waals surface area contributed by atoms with E-state index >= 15 is 0 Å². The number of likely N-dealkylation sites (tertiary alicyclic amines) is 2. The Bertz CT molecular complexity index is 622. The van der Waals surface area contributed by atoms with E-state index in [9.17, 15) is 9.59 Å². The number of carbonyl (C=O) groups is 2. The maximum Gasteiger partial charge on any atom is 0.224 e. The summed E-state index contributed by atoms with van der Waals surface area (Å²) in [5.41, 5.74) is 0.152. The number of nitrogens with one attached hydrogen (secondary N) is 2. The van der Waals surface area contributed by atoms with Crippen molar-refractivity contribution in [3.05, 3.63) is 0 Å². The van der Waals surface area contributed by atoms with Crippen LogP contribution < -0.4 is 10.6 Å². The minimum absolute atomic E-state index is 0.134. The van der Waals surface area contributed by atoms with Crippen LogP contribution in [0.2, 0.25) is 0 Å². The van der Waals surface area contributed by atoms with Crippen LogP contribution >= 0.6 is 0 Å². The van der Waals surface area contributed by atoms with E-state index in [0.717, 1.165) is 103 Å². The van der Waals surface area contributed by atoms with Crippen LogP contribution in [0.4, 0.5) is 0 Å². The molecule has 3 saturated heterocycles. The first-order valence-corrected chi connectivity index (χ1v) is 13.2. The molecule has 5 fully saturated rings. The lowest BCUT2D eigenvalue weighted by Crippen LogP contribution is -2.59. The lowest BCUT2D eigenvalue weighted by molar-refractivity contribution is -0.147. The molecule has 2 saturated carbocycles. The van der Waals surface area contributed by atoms with Crippen LogP contribution in [0.5, 0.6) is 0 Å². The van der Waals surface area contributed by atoms with Gasteiger partial charge < -0.3 is 25.2 Å². The standard InChI is InChI=1S/C25H42N4O3/c30-23(26-11-19-5-6-19)21-3-1-9-28(13-21)15-25(17-32-18-25)16-29-10-2-4-22(14-29)24(31)27-12-20-7-8-20/h19-22H,1-18H2,(H,26,30)(H,27,31)/t21-,22+. The van der Waals surface area contributed by atoms with Gasteiger partial charge in [-0.3, -0.25) is 9.59 Å². The molecule has 3 heterocycles. The van der Waals surface area contributed by atoms with E-state index in [1.165, 1.54) is 25.7 Å². The average Bonchev–Trinajstić information content (AvgIpc) is 3.69. The van der Waals surface area contributed by atoms with Crippen molar-refractivity contribution in [1.29, 1.82) is 0 Å². The number of carbonyl (C=O) groups excluding carboxylic acids is 2. The third kappa shape index (κ3) is 6.03. The summed E-state index contributed by atoms with van der Waals surface area (Å²) >= 11 is 0. The molecule has 32 heavy (non-hydrogen) atoms. The number of rotatable bonds is 10. The van der Waals surface area contributed by atoms with Gasteiger partial charge >= 0.3 is 0 Å². The minimum atomic E-state index is 0.134. The number of hydrogen-bond donors (Lipinski definition) is 2. The number of piperidine rings is 2. The van der Waals surface area contributed by atoms with Gasteiger partial charge in [-0.05, 0) is 76.3 Å². The predicted molar refractivity (Wildman–Crippen MR) is 123 cm³/mol. The molecule has 0 aromatic heterocycles. The van der Waals surface area contributed by atoms with Crippen molar-refractivity contribution in [2.45, 2.75) is 51.4 Å². The molecule has 0 spiro atoms. The number of ether oxygens (including phenoxy) is 1. The Morgan fingerprint density at radius 3 is 1.59 bits per heavy atom. The molecular formula is C25H42N4O3. The van der Waals surface area contributed by atoms with Gasteiger partial charge in [0.05, 0.1) is 25.0 Å². The predicted octanol–water partition coefficient (Wildman–Crippen LogP) is 1.48. The Hall–Kier alpha value is -1.18. The van der Waals surface area contributed by atoms with Gasteiger partial charge in [-0.2, -0.15) is 0 Å². The zero-order chi connectivity index (χ0) is 22.0. The highest BCUT2D eigenvalue weighted by molar-refractivity contribution is 5.79. The molecule has 2 aliphatic carbocycles. The maximum absolute atomic E-state index is 12.6. The van der Waals surface area contributed by atoms with Crippen LogP contribution in [0.1, 0.15) is 51.4 Å². The Morgan fingerprint density at radius 1 is 0.750 bits per heavy atom. The van der Waals surface area contributed by atoms with E-state index in [1.54, 1.807) is 0 Å². The number of nitrogens with zero attached hydrogens (tertiary/aromatic N) is 2. The quantitative estimate of drug-likeness (QED) is 0.532. The van der Waals surface area contributed by atoms with E-state index in [4.69, 9.17) is 4.74 Å². The van der Waals surface area contributed by atoms with Crippen molar-refractivity contribution in [3.8, 4) is 0 Å². The van der Waals surface area contributed by atoms with Gasteiger partial charge in [-0.1, -0.05) is 0 Å². The van der Waals surface area contributed by atoms with E-state index < -0.39 is 0 Å². The largest absolute Gasteiger partial charge is 0.380 e. The van der Waals surface area contributed by atoms with E-state index in [0.29, 0.717) is 0 Å². The van der Waals surface area contributed by atoms with Crippen LogP contribution in [0.25, 0.3) is 0 Å². The van der Waals surface area contributed by atoms with Gasteiger partial charge in [-0.15, -0.1) is 0 Å². The molecule has 2 amide bonds. The molecule has 0 radical (unpaired) electrons. The van der Waals surface area contributed by atoms with Crippen molar-refractivity contribution in [2.24, 2.45) is 29.1 Å². The lowest BCUT2D eigenvalue weighted by Gasteiger charge is -2.49. The normalized spacial score (nSPS) is 31.0. The molecule has 0 unspecified atom stereocenters. The zero-order valence-corrected chi connectivity index (χ0v) is 19.7. The van der Waals surface area contributed by atoms with Crippen molar-refractivity contribution in [2.75, 3.05) is 65.6 Å². The highest BCUT2D eigenvalue weighted by Gasteiger charge is 2.43. The van der Waals surface area contributed by atoms with Crippen molar-refractivity contribution >= 4 is 11.8 Å². The van der Waals surface area contributed by atoms with Crippen molar-refractivity contribution < 1.29 is 14.3 Å². The van der Waals surface area contributed by atoms with Crippen molar-refractivity contribution in [3.63, 3.8) is 0 Å². The second kappa shape index (κ2) is 9.98. The first-order chi connectivity index (χ1) is 15.6. The van der Waals surface area contributed by atoms with Gasteiger partial charge in [0.1, 0.15) is 0 Å². The molecule has 2 atom stereocenters. The molecule has 5 aliphatic rings. The molecule has 0 aromatic carbocycles. The summed E-state index contributed by atoms with van der Waals surface area (Å²) < 4.78 is 5.70. The molecule has 3 aliphatic heterocycles. The fourth-order valence-electron chi connectivity index (χ4n) is 5.82. The van der Waals surface area contributed by atoms with Gasteiger partial charge in [0.2, 0.25) is 11.8 Å². The van der Waals surface area contributed by atoms with Crippen LogP contribution in [0.15, 0.2) is 0 Å². The second-order valence-electron chi connectivity index (χ2n) is 11.5. The Kier molecular flexibility index (Phi) is 7.05. The highest BCUT2D eigenvalue weighted by atomic mass is 16.5. The maximum atomic E-state index is 12.6. The summed E-state index contributed by atoms with van der Waals surface area (Å²) in [6, 6.07) is 0. The summed E-state index contributed by atoms with van der Waals surface area (Å²) in [7, 11) is 0. The summed E-state index contributed by atoms with van der Waals surface area (Å²) in [6.45, 7) is 9.29. The molecule has 7 nitrogen and oxygen atoms in total. The Morgan fingerprint density at radius 2 is 1.22 bits per heavy atom. The average molecular weight is 447 g/mol. The Balaban J connectivity index is 1.10. The van der Waals surface area contributed by atoms with Crippen LogP contribution in [-0.4, -0.2) is 87.2 Å². The molecule has 0 aromatic rings. The highest BCUT2D eigenvalue weighted by Crippen LogP contribution is 2.34. The minimum Gasteiger partial charge on any atom is -0.380 e. The first kappa shape index (κ1) is 22.6. The zero-order valence-electron chi connectivity index (χ0n) is 19.7. The molecule has 2 N–H and O–H groups in total. The molecule has 7 heteroatoms. The van der Waals surface area contributed by atoms with Gasteiger partial charge in [0.25, 0.3) is 0 Å². The topological polar surface area (TPSA) is 73.9 Å². The van der Waals surface area contributed by atoms with E-state index in [1.807, 2.05) is 0 Å². The molecule has 0 bridgehead atoms. The van der Waals surface area contributed by atoms with Crippen LogP contribution in [-0.2, 0) is 14.3 Å². The second-order valence-corrected chi connectivity index (χ2v) is 11.5. The fraction of sp³-hybridized carbons (Fsp3) is 0.920. The summed E-state index contributed by atoms with van der Waals surface area (Å²) in [5.74, 6) is 2.26. The first-order valence-electron chi connectivity index (χ1n) is 13.2. The fourth-order valence-corrected chi connectivity index (χ4v) is 5.82. The smallest absolute Gasteiger partial charge is 0.224 e. The monoisotopic (exact) mass is 446 g/mol. The van der Waals surface area contributed by atoms with Gasteiger partial charge in [0, 0.05) is 44.7 Å². The summed E-state index contributed by atoms with van der Waals surface area (Å²) in [4.78, 5) is 30.3. The van der Waals surface area contributed by atoms with Crippen LogP contribution in [0, 0.1) is 29.1 Å². The summed E-state index contributed by atoms with van der Waals surface area (Å²) in [6.07, 6.45) is 9.34. The number of amides is 2. The SMILES string of the molecule is O=C(NCC1CC1)[C@@H]1CCCN(CC2(CN3CCC[C@H](C(=O)NCC4CC4)C3)COC2)C1. The number of hydrogen-bond acceptors (Lipinski definition) is 5. The van der Waals surface area contributed by atoms with Gasteiger partial charge in [-0.25, -0.2) is 0 Å². The van der Waals surface area contributed by atoms with E-state index in [2.05, 4.69) is 20.4 Å². The van der Waals surface area contributed by atoms with E-state index in [-0.39, 0.29) is 29.1 Å². The van der Waals surface area contributed by atoms with Gasteiger partial charge in [0.15, 0.2) is 0 Å². The molecular weight excluding hydrogens is 404 g/mol. The molecule has 180 valence electrons. The lowest BCUT2D eigenvalue weighted by atomic mass is 9.82. The van der Waals surface area contributed by atoms with Crippen LogP contribution in [0.3, 0.4) is 0 Å². The molecule has 5 rings (SSSR count). The third-order valence-electron chi connectivity index (χ3n) is 8.21.